The highest BCUT2D eigenvalue weighted by Gasteiger charge is 2.19. The summed E-state index contributed by atoms with van der Waals surface area (Å²) in [5.74, 6) is 0. The van der Waals surface area contributed by atoms with Crippen LogP contribution in [0.5, 0.6) is 0 Å². The molecule has 1 aromatic heterocycles. The molecular formula is C20H22N2. The lowest BCUT2D eigenvalue weighted by molar-refractivity contribution is 1.21. The summed E-state index contributed by atoms with van der Waals surface area (Å²) in [6.07, 6.45) is 2.15. The van der Waals surface area contributed by atoms with Crippen LogP contribution in [-0.2, 0) is 0 Å². The van der Waals surface area contributed by atoms with Crippen LogP contribution in [0.25, 0.3) is 5.57 Å². The van der Waals surface area contributed by atoms with E-state index in [1.54, 1.807) is 0 Å². The first-order valence-corrected chi connectivity index (χ1v) is 7.67. The molecule has 1 aliphatic rings. The Bertz CT molecular complexity index is 812. The van der Waals surface area contributed by atoms with E-state index in [0.29, 0.717) is 0 Å². The third-order valence-corrected chi connectivity index (χ3v) is 4.06. The van der Waals surface area contributed by atoms with Crippen molar-refractivity contribution in [1.82, 2.24) is 4.98 Å². The molecule has 0 radical (unpaired) electrons. The summed E-state index contributed by atoms with van der Waals surface area (Å²) in [5.41, 5.74) is 10.6. The van der Waals surface area contributed by atoms with E-state index in [4.69, 9.17) is 4.99 Å². The predicted molar refractivity (Wildman–Crippen MR) is 94.3 cm³/mol. The number of benzene rings is 1. The monoisotopic (exact) mass is 290 g/mol. The van der Waals surface area contributed by atoms with Gasteiger partial charge in [0.25, 0.3) is 0 Å². The summed E-state index contributed by atoms with van der Waals surface area (Å²) >= 11 is 0. The summed E-state index contributed by atoms with van der Waals surface area (Å²) in [7, 11) is 0. The van der Waals surface area contributed by atoms with Crippen LogP contribution in [0.2, 0.25) is 0 Å². The van der Waals surface area contributed by atoms with Crippen molar-refractivity contribution in [2.45, 2.75) is 34.6 Å². The lowest BCUT2D eigenvalue weighted by Gasteiger charge is -2.12. The van der Waals surface area contributed by atoms with Crippen molar-refractivity contribution in [3.8, 4) is 0 Å². The highest BCUT2D eigenvalue weighted by Crippen LogP contribution is 2.34. The van der Waals surface area contributed by atoms with Crippen LogP contribution in [0.4, 0.5) is 0 Å². The summed E-state index contributed by atoms with van der Waals surface area (Å²) in [6.45, 7) is 10.5. The quantitative estimate of drug-likeness (QED) is 0.795. The fourth-order valence-corrected chi connectivity index (χ4v) is 3.04. The summed E-state index contributed by atoms with van der Waals surface area (Å²) in [4.78, 5) is 8.29. The number of hydrogen-bond acceptors (Lipinski definition) is 1. The van der Waals surface area contributed by atoms with Gasteiger partial charge < -0.3 is 4.98 Å². The van der Waals surface area contributed by atoms with Gasteiger partial charge in [0.05, 0.1) is 11.4 Å². The van der Waals surface area contributed by atoms with Gasteiger partial charge in [-0.25, -0.2) is 0 Å². The average Bonchev–Trinajstić information content (AvgIpc) is 2.95. The molecule has 2 heteroatoms. The molecule has 112 valence electrons. The van der Waals surface area contributed by atoms with Gasteiger partial charge in [-0.05, 0) is 63.5 Å². The third kappa shape index (κ3) is 2.57. The van der Waals surface area contributed by atoms with Crippen LogP contribution in [0.3, 0.4) is 0 Å². The third-order valence-electron chi connectivity index (χ3n) is 4.06. The molecule has 0 fully saturated rings. The smallest absolute Gasteiger partial charge is 0.0761 e. The van der Waals surface area contributed by atoms with E-state index >= 15 is 0 Å². The number of allylic oxidation sites excluding steroid dienone is 2. The van der Waals surface area contributed by atoms with Gasteiger partial charge in [-0.2, -0.15) is 0 Å². The SMILES string of the molecule is CC1=CC(C)=NC1=C(c1ccc(C)cc1)c1[nH]c(C)cc1C. The van der Waals surface area contributed by atoms with Crippen LogP contribution >= 0.6 is 0 Å². The van der Waals surface area contributed by atoms with Gasteiger partial charge >= 0.3 is 0 Å². The van der Waals surface area contributed by atoms with Gasteiger partial charge in [0.15, 0.2) is 0 Å². The molecule has 22 heavy (non-hydrogen) atoms. The molecule has 0 unspecified atom stereocenters. The molecule has 0 atom stereocenters. The minimum absolute atomic E-state index is 1.07. The van der Waals surface area contributed by atoms with E-state index < -0.39 is 0 Å². The Morgan fingerprint density at radius 1 is 0.955 bits per heavy atom. The number of aryl methyl sites for hydroxylation is 3. The van der Waals surface area contributed by atoms with Gasteiger partial charge in [0.2, 0.25) is 0 Å². The highest BCUT2D eigenvalue weighted by molar-refractivity contribution is 6.01. The van der Waals surface area contributed by atoms with Gasteiger partial charge in [0, 0.05) is 17.0 Å². The zero-order chi connectivity index (χ0) is 15.9. The number of H-pyrrole nitrogens is 1. The maximum atomic E-state index is 4.78. The summed E-state index contributed by atoms with van der Waals surface area (Å²) in [6, 6.07) is 10.9. The molecule has 1 aliphatic heterocycles. The number of nitrogens with one attached hydrogen (secondary N) is 1. The van der Waals surface area contributed by atoms with Crippen LogP contribution in [0.1, 0.15) is 41.9 Å². The zero-order valence-electron chi connectivity index (χ0n) is 13.9. The Labute approximate surface area is 132 Å². The topological polar surface area (TPSA) is 28.1 Å². The summed E-state index contributed by atoms with van der Waals surface area (Å²) in [5, 5.41) is 0. The maximum absolute atomic E-state index is 4.78. The van der Waals surface area contributed by atoms with E-state index in [1.807, 2.05) is 0 Å². The van der Waals surface area contributed by atoms with Crippen LogP contribution in [-0.4, -0.2) is 10.7 Å². The molecule has 0 spiro atoms. The van der Waals surface area contributed by atoms with Gasteiger partial charge in [-0.3, -0.25) is 4.99 Å². The molecule has 0 amide bonds. The van der Waals surface area contributed by atoms with E-state index in [2.05, 4.69) is 76.0 Å². The molecule has 0 saturated heterocycles. The largest absolute Gasteiger partial charge is 0.358 e. The number of rotatable bonds is 2. The Morgan fingerprint density at radius 2 is 1.64 bits per heavy atom. The number of nitrogens with zero attached hydrogens (tertiary/aromatic N) is 1. The Morgan fingerprint density at radius 3 is 2.14 bits per heavy atom. The first kappa shape index (κ1) is 14.6. The normalized spacial score (nSPS) is 16.6. The lowest BCUT2D eigenvalue weighted by atomic mass is 9.95. The molecule has 2 nitrogen and oxygen atoms in total. The Hall–Kier alpha value is -2.35. The molecule has 3 rings (SSSR count). The van der Waals surface area contributed by atoms with Crippen molar-refractivity contribution in [2.24, 2.45) is 4.99 Å². The second-order valence-corrected chi connectivity index (χ2v) is 6.18. The Kier molecular flexibility index (Phi) is 3.61. The average molecular weight is 290 g/mol. The van der Waals surface area contributed by atoms with Crippen molar-refractivity contribution in [3.63, 3.8) is 0 Å². The number of aromatic nitrogens is 1. The molecular weight excluding hydrogens is 268 g/mol. The van der Waals surface area contributed by atoms with Crippen molar-refractivity contribution in [3.05, 3.63) is 75.8 Å². The van der Waals surface area contributed by atoms with E-state index in [1.165, 1.54) is 39.2 Å². The van der Waals surface area contributed by atoms with E-state index in [9.17, 15) is 0 Å². The van der Waals surface area contributed by atoms with Gasteiger partial charge in [-0.1, -0.05) is 29.8 Å². The number of aliphatic imine (C=N–C) groups is 1. The van der Waals surface area contributed by atoms with Crippen molar-refractivity contribution < 1.29 is 0 Å². The van der Waals surface area contributed by atoms with E-state index in [-0.39, 0.29) is 0 Å². The fourth-order valence-electron chi connectivity index (χ4n) is 3.04. The molecule has 0 aliphatic carbocycles. The van der Waals surface area contributed by atoms with E-state index in [0.717, 1.165) is 11.4 Å². The molecule has 2 aromatic rings. The number of aromatic amines is 1. The lowest BCUT2D eigenvalue weighted by Crippen LogP contribution is -1.96. The van der Waals surface area contributed by atoms with Gasteiger partial charge in [0.1, 0.15) is 0 Å². The molecule has 0 bridgehead atoms. The molecule has 0 saturated carbocycles. The summed E-state index contributed by atoms with van der Waals surface area (Å²) < 4.78 is 0. The van der Waals surface area contributed by atoms with Crippen LogP contribution in [0, 0.1) is 20.8 Å². The first-order valence-electron chi connectivity index (χ1n) is 7.67. The predicted octanol–water partition coefficient (Wildman–Crippen LogP) is 5.12. The second kappa shape index (κ2) is 5.45. The molecule has 1 aromatic carbocycles. The first-order chi connectivity index (χ1) is 10.5. The van der Waals surface area contributed by atoms with Crippen LogP contribution < -0.4 is 0 Å². The minimum atomic E-state index is 1.07. The fraction of sp³-hybridized carbons (Fsp3) is 0.250. The highest BCUT2D eigenvalue weighted by atomic mass is 14.8. The van der Waals surface area contributed by atoms with Crippen molar-refractivity contribution in [1.29, 1.82) is 0 Å². The van der Waals surface area contributed by atoms with Gasteiger partial charge in [-0.15, -0.1) is 0 Å². The van der Waals surface area contributed by atoms with Crippen molar-refractivity contribution >= 4 is 11.3 Å². The second-order valence-electron chi connectivity index (χ2n) is 6.18. The number of hydrogen-bond donors (Lipinski definition) is 1. The Balaban J connectivity index is 2.29. The minimum Gasteiger partial charge on any atom is -0.358 e. The molecule has 1 N–H and O–H groups in total. The standard InChI is InChI=1S/C20H22N2/c1-12-6-8-17(9-7-12)18(19-13(2)10-15(4)21-19)20-14(3)11-16(5)22-20/h6-11,21H,1-5H3. The van der Waals surface area contributed by atoms with Crippen molar-refractivity contribution in [2.75, 3.05) is 0 Å². The zero-order valence-corrected chi connectivity index (χ0v) is 13.9. The maximum Gasteiger partial charge on any atom is 0.0761 e. The van der Waals surface area contributed by atoms with Crippen LogP contribution in [0.15, 0.2) is 52.7 Å². The molecule has 2 heterocycles.